The molecule has 0 radical (unpaired) electrons. The number of carbonyl (C=O) groups excluding carboxylic acids is 1. The fourth-order valence-electron chi connectivity index (χ4n) is 2.90. The van der Waals surface area contributed by atoms with E-state index < -0.39 is 0 Å². The van der Waals surface area contributed by atoms with E-state index in [-0.39, 0.29) is 5.97 Å². The van der Waals surface area contributed by atoms with Crippen molar-refractivity contribution >= 4 is 17.3 Å². The Balaban J connectivity index is 2.08. The highest BCUT2D eigenvalue weighted by Crippen LogP contribution is 2.36. The first-order valence-electron chi connectivity index (χ1n) is 7.55. The second-order valence-electron chi connectivity index (χ2n) is 5.33. The monoisotopic (exact) mass is 296 g/mol. The van der Waals surface area contributed by atoms with Crippen LogP contribution < -0.4 is 0 Å². The second-order valence-corrected chi connectivity index (χ2v) is 6.21. The predicted molar refractivity (Wildman–Crippen MR) is 81.1 cm³/mol. The lowest BCUT2D eigenvalue weighted by Gasteiger charge is -2.29. The van der Waals surface area contributed by atoms with Gasteiger partial charge in [0.05, 0.1) is 12.6 Å². The summed E-state index contributed by atoms with van der Waals surface area (Å²) in [4.78, 5) is 18.7. The molecule has 0 saturated carbocycles. The molecule has 1 fully saturated rings. The van der Waals surface area contributed by atoms with Gasteiger partial charge in [0.25, 0.3) is 0 Å². The van der Waals surface area contributed by atoms with Crippen molar-refractivity contribution in [3.8, 4) is 0 Å². The van der Waals surface area contributed by atoms with E-state index in [0.717, 1.165) is 18.0 Å². The molecule has 0 unspecified atom stereocenters. The smallest absolute Gasteiger partial charge is 0.357 e. The minimum Gasteiger partial charge on any atom is -0.461 e. The minimum atomic E-state index is -0.304. The van der Waals surface area contributed by atoms with Crippen LogP contribution in [0.2, 0.25) is 0 Å². The van der Waals surface area contributed by atoms with Crippen LogP contribution in [0, 0.1) is 0 Å². The van der Waals surface area contributed by atoms with E-state index in [9.17, 15) is 4.79 Å². The molecule has 0 aromatic carbocycles. The molecule has 1 aliphatic rings. The molecule has 0 amide bonds. The summed E-state index contributed by atoms with van der Waals surface area (Å²) in [5, 5.41) is 2.89. The largest absolute Gasteiger partial charge is 0.461 e. The van der Waals surface area contributed by atoms with Crippen LogP contribution in [0.3, 0.4) is 0 Å². The van der Waals surface area contributed by atoms with Gasteiger partial charge in [0.2, 0.25) is 0 Å². The number of aromatic nitrogens is 1. The van der Waals surface area contributed by atoms with E-state index in [1.165, 1.54) is 19.3 Å². The van der Waals surface area contributed by atoms with Crippen LogP contribution in [-0.2, 0) is 4.74 Å². The lowest BCUT2D eigenvalue weighted by Crippen LogP contribution is -2.32. The van der Waals surface area contributed by atoms with Gasteiger partial charge < -0.3 is 4.74 Å². The zero-order chi connectivity index (χ0) is 14.5. The van der Waals surface area contributed by atoms with E-state index in [4.69, 9.17) is 4.74 Å². The van der Waals surface area contributed by atoms with Gasteiger partial charge in [0.1, 0.15) is 5.01 Å². The molecule has 5 heteroatoms. The number of likely N-dealkylation sites (tertiary alicyclic amines) is 1. The molecule has 1 aromatic heterocycles. The molecule has 1 aromatic rings. The Bertz CT molecular complexity index is 447. The number of rotatable bonds is 6. The van der Waals surface area contributed by atoms with Crippen LogP contribution in [0.1, 0.15) is 68.0 Å². The fourth-order valence-corrected chi connectivity index (χ4v) is 3.85. The Labute approximate surface area is 125 Å². The molecule has 0 N–H and O–H groups in total. The third-order valence-electron chi connectivity index (χ3n) is 3.86. The number of ether oxygens (including phenoxy) is 1. The number of hydrogen-bond acceptors (Lipinski definition) is 5. The molecule has 0 spiro atoms. The van der Waals surface area contributed by atoms with E-state index in [0.29, 0.717) is 24.4 Å². The van der Waals surface area contributed by atoms with Gasteiger partial charge in [-0.3, -0.25) is 4.90 Å². The van der Waals surface area contributed by atoms with Crippen molar-refractivity contribution in [2.75, 3.05) is 13.2 Å². The van der Waals surface area contributed by atoms with Crippen LogP contribution in [0.15, 0.2) is 5.38 Å². The summed E-state index contributed by atoms with van der Waals surface area (Å²) >= 11 is 1.59. The van der Waals surface area contributed by atoms with Gasteiger partial charge in [-0.15, -0.1) is 11.3 Å². The van der Waals surface area contributed by atoms with Gasteiger partial charge in [0, 0.05) is 11.4 Å². The molecule has 112 valence electrons. The molecular weight excluding hydrogens is 272 g/mol. The average molecular weight is 296 g/mol. The van der Waals surface area contributed by atoms with E-state index >= 15 is 0 Å². The Hall–Kier alpha value is -0.940. The maximum absolute atomic E-state index is 11.7. The summed E-state index contributed by atoms with van der Waals surface area (Å²) in [7, 11) is 0. The lowest BCUT2D eigenvalue weighted by molar-refractivity contribution is 0.0520. The average Bonchev–Trinajstić information content (AvgIpc) is 3.08. The maximum atomic E-state index is 11.7. The van der Waals surface area contributed by atoms with Crippen molar-refractivity contribution in [1.82, 2.24) is 9.88 Å². The van der Waals surface area contributed by atoms with Crippen LogP contribution in [0.4, 0.5) is 0 Å². The highest BCUT2D eigenvalue weighted by molar-refractivity contribution is 7.09. The Morgan fingerprint density at radius 3 is 3.10 bits per heavy atom. The molecule has 2 atom stereocenters. The summed E-state index contributed by atoms with van der Waals surface area (Å²) in [6.45, 7) is 7.87. The topological polar surface area (TPSA) is 42.4 Å². The molecule has 1 saturated heterocycles. The summed E-state index contributed by atoms with van der Waals surface area (Å²) < 4.78 is 5.01. The Kier molecular flexibility index (Phi) is 5.54. The second kappa shape index (κ2) is 7.18. The van der Waals surface area contributed by atoms with Crippen molar-refractivity contribution in [3.63, 3.8) is 0 Å². The number of carbonyl (C=O) groups is 1. The fraction of sp³-hybridized carbons (Fsp3) is 0.733. The van der Waals surface area contributed by atoms with Gasteiger partial charge in [-0.25, -0.2) is 9.78 Å². The van der Waals surface area contributed by atoms with E-state index in [1.807, 2.05) is 12.3 Å². The standard InChI is InChI=1S/C15H24N2O2S/c1-4-7-11(3)17-9-6-8-13(17)14-16-12(10-20-14)15(18)19-5-2/h10-11,13H,4-9H2,1-3H3/t11-,13-/m0/s1. The third kappa shape index (κ3) is 3.38. The summed E-state index contributed by atoms with van der Waals surface area (Å²) in [5.74, 6) is -0.304. The van der Waals surface area contributed by atoms with Gasteiger partial charge in [0.15, 0.2) is 5.69 Å². The summed E-state index contributed by atoms with van der Waals surface area (Å²) in [6, 6.07) is 0.965. The molecule has 2 rings (SSSR count). The zero-order valence-electron chi connectivity index (χ0n) is 12.6. The van der Waals surface area contributed by atoms with Crippen LogP contribution >= 0.6 is 11.3 Å². The van der Waals surface area contributed by atoms with Gasteiger partial charge in [-0.05, 0) is 39.7 Å². The molecular formula is C15H24N2O2S. The highest BCUT2D eigenvalue weighted by atomic mass is 32.1. The van der Waals surface area contributed by atoms with Gasteiger partial charge in [-0.2, -0.15) is 0 Å². The number of esters is 1. The first-order chi connectivity index (χ1) is 9.67. The lowest BCUT2D eigenvalue weighted by atomic mass is 10.1. The molecule has 2 heterocycles. The number of nitrogens with zero attached hydrogens (tertiary/aromatic N) is 2. The highest BCUT2D eigenvalue weighted by Gasteiger charge is 2.31. The van der Waals surface area contributed by atoms with E-state index in [2.05, 4.69) is 23.7 Å². The molecule has 20 heavy (non-hydrogen) atoms. The number of hydrogen-bond donors (Lipinski definition) is 0. The minimum absolute atomic E-state index is 0.304. The molecule has 0 aliphatic carbocycles. The first-order valence-corrected chi connectivity index (χ1v) is 8.43. The van der Waals surface area contributed by atoms with E-state index in [1.54, 1.807) is 11.3 Å². The van der Waals surface area contributed by atoms with Crippen molar-refractivity contribution in [2.24, 2.45) is 0 Å². The summed E-state index contributed by atoms with van der Waals surface area (Å²) in [5.41, 5.74) is 0.460. The quantitative estimate of drug-likeness (QED) is 0.752. The zero-order valence-corrected chi connectivity index (χ0v) is 13.4. The van der Waals surface area contributed by atoms with Gasteiger partial charge >= 0.3 is 5.97 Å². The third-order valence-corrected chi connectivity index (χ3v) is 4.80. The van der Waals surface area contributed by atoms with Crippen molar-refractivity contribution in [3.05, 3.63) is 16.1 Å². The van der Waals surface area contributed by atoms with Crippen molar-refractivity contribution in [2.45, 2.75) is 58.5 Å². The van der Waals surface area contributed by atoms with Crippen molar-refractivity contribution < 1.29 is 9.53 Å². The normalized spacial score (nSPS) is 21.1. The molecule has 1 aliphatic heterocycles. The van der Waals surface area contributed by atoms with Crippen LogP contribution in [0.5, 0.6) is 0 Å². The molecule has 4 nitrogen and oxygen atoms in total. The predicted octanol–water partition coefficient (Wildman–Crippen LogP) is 3.65. The number of thiazole rings is 1. The molecule has 0 bridgehead atoms. The SMILES string of the molecule is CCC[C@H](C)N1CCC[C@H]1c1nc(C(=O)OCC)cs1. The Morgan fingerprint density at radius 2 is 2.40 bits per heavy atom. The van der Waals surface area contributed by atoms with Crippen LogP contribution in [0.25, 0.3) is 0 Å². The first kappa shape index (κ1) is 15.4. The summed E-state index contributed by atoms with van der Waals surface area (Å²) in [6.07, 6.45) is 4.78. The van der Waals surface area contributed by atoms with Crippen LogP contribution in [-0.4, -0.2) is 35.0 Å². The van der Waals surface area contributed by atoms with Gasteiger partial charge in [-0.1, -0.05) is 13.3 Å². The van der Waals surface area contributed by atoms with Crippen molar-refractivity contribution in [1.29, 1.82) is 0 Å². The Morgan fingerprint density at radius 1 is 1.60 bits per heavy atom. The maximum Gasteiger partial charge on any atom is 0.357 e.